The summed E-state index contributed by atoms with van der Waals surface area (Å²) in [6.45, 7) is 3.30. The Morgan fingerprint density at radius 1 is 0.880 bits per heavy atom. The van der Waals surface area contributed by atoms with Crippen LogP contribution >= 0.6 is 0 Å². The van der Waals surface area contributed by atoms with E-state index in [1.807, 2.05) is 36.4 Å². The van der Waals surface area contributed by atoms with Gasteiger partial charge in [0.1, 0.15) is 0 Å². The van der Waals surface area contributed by atoms with Crippen LogP contribution in [0.1, 0.15) is 11.3 Å². The predicted molar refractivity (Wildman–Crippen MR) is 97.7 cm³/mol. The predicted octanol–water partition coefficient (Wildman–Crippen LogP) is 1.56. The minimum atomic E-state index is -2.98. The molecule has 0 aliphatic carbocycles. The number of sulfone groups is 1. The molecule has 2 atom stereocenters. The van der Waals surface area contributed by atoms with Gasteiger partial charge in [-0.3, -0.25) is 14.8 Å². The number of pyridine rings is 1. The Balaban J connectivity index is 1.53. The Labute approximate surface area is 149 Å². The number of hydrogen-bond acceptors (Lipinski definition) is 5. The van der Waals surface area contributed by atoms with E-state index in [0.717, 1.165) is 31.9 Å². The Bertz CT molecular complexity index is 748. The fraction of sp³-hybridized carbons (Fsp3) is 0.421. The molecule has 3 heterocycles. The Morgan fingerprint density at radius 2 is 1.52 bits per heavy atom. The van der Waals surface area contributed by atoms with E-state index < -0.39 is 9.84 Å². The molecule has 0 N–H and O–H groups in total. The van der Waals surface area contributed by atoms with E-state index in [9.17, 15) is 8.42 Å². The third kappa shape index (κ3) is 3.76. The average Bonchev–Trinajstić information content (AvgIpc) is 2.95. The van der Waals surface area contributed by atoms with Crippen molar-refractivity contribution in [3.05, 3.63) is 66.0 Å². The molecule has 0 radical (unpaired) electrons. The highest BCUT2D eigenvalue weighted by Crippen LogP contribution is 2.29. The summed E-state index contributed by atoms with van der Waals surface area (Å²) >= 11 is 0. The van der Waals surface area contributed by atoms with Crippen molar-refractivity contribution >= 4 is 9.84 Å². The number of hydrogen-bond donors (Lipinski definition) is 0. The molecule has 132 valence electrons. The first-order chi connectivity index (χ1) is 12.1. The molecule has 0 saturated carbocycles. The summed E-state index contributed by atoms with van der Waals surface area (Å²) < 4.78 is 24.6. The van der Waals surface area contributed by atoms with Crippen LogP contribution in [0.4, 0.5) is 0 Å². The van der Waals surface area contributed by atoms with Crippen molar-refractivity contribution in [1.29, 1.82) is 0 Å². The normalized spacial score (nSPS) is 26.4. The molecule has 5 nitrogen and oxygen atoms in total. The molecule has 25 heavy (non-hydrogen) atoms. The second-order valence-corrected chi connectivity index (χ2v) is 9.11. The van der Waals surface area contributed by atoms with Crippen molar-refractivity contribution in [3.8, 4) is 0 Å². The van der Waals surface area contributed by atoms with Crippen molar-refractivity contribution in [2.24, 2.45) is 0 Å². The lowest BCUT2D eigenvalue weighted by atomic mass is 10.0. The van der Waals surface area contributed by atoms with Crippen molar-refractivity contribution in [2.45, 2.75) is 25.2 Å². The van der Waals surface area contributed by atoms with Gasteiger partial charge in [-0.05, 0) is 17.7 Å². The molecule has 6 heteroatoms. The molecule has 0 spiro atoms. The fourth-order valence-electron chi connectivity index (χ4n) is 4.01. The van der Waals surface area contributed by atoms with Crippen molar-refractivity contribution in [2.75, 3.05) is 24.6 Å². The van der Waals surface area contributed by atoms with Crippen LogP contribution in [-0.4, -0.2) is 59.9 Å². The van der Waals surface area contributed by atoms with Gasteiger partial charge in [-0.15, -0.1) is 0 Å². The highest BCUT2D eigenvalue weighted by atomic mass is 32.2. The largest absolute Gasteiger partial charge is 0.292 e. The maximum absolute atomic E-state index is 12.3. The lowest BCUT2D eigenvalue weighted by Crippen LogP contribution is -2.58. The highest BCUT2D eigenvalue weighted by Gasteiger charge is 2.46. The van der Waals surface area contributed by atoms with Gasteiger partial charge in [-0.1, -0.05) is 36.4 Å². The zero-order valence-corrected chi connectivity index (χ0v) is 15.0. The van der Waals surface area contributed by atoms with Gasteiger partial charge in [0.15, 0.2) is 9.84 Å². The minimum absolute atomic E-state index is 0.0597. The number of aromatic nitrogens is 1. The van der Waals surface area contributed by atoms with E-state index in [4.69, 9.17) is 0 Å². The summed E-state index contributed by atoms with van der Waals surface area (Å²) in [7, 11) is -2.98. The highest BCUT2D eigenvalue weighted by molar-refractivity contribution is 7.91. The Morgan fingerprint density at radius 3 is 2.16 bits per heavy atom. The van der Waals surface area contributed by atoms with E-state index in [0.29, 0.717) is 0 Å². The molecular formula is C19H23N3O2S. The van der Waals surface area contributed by atoms with Gasteiger partial charge in [0, 0.05) is 44.5 Å². The number of rotatable bonds is 4. The van der Waals surface area contributed by atoms with Gasteiger partial charge in [0.2, 0.25) is 0 Å². The zero-order chi connectivity index (χ0) is 17.3. The van der Waals surface area contributed by atoms with Crippen LogP contribution in [0.5, 0.6) is 0 Å². The van der Waals surface area contributed by atoms with Crippen molar-refractivity contribution in [3.63, 3.8) is 0 Å². The van der Waals surface area contributed by atoms with E-state index in [-0.39, 0.29) is 23.6 Å². The van der Waals surface area contributed by atoms with Gasteiger partial charge in [-0.2, -0.15) is 0 Å². The lowest BCUT2D eigenvalue weighted by Gasteiger charge is -2.43. The summed E-state index contributed by atoms with van der Waals surface area (Å²) in [5.74, 6) is 0.527. The number of fused-ring (bicyclic) bond motifs is 1. The number of piperazine rings is 1. The third-order valence-electron chi connectivity index (χ3n) is 5.23. The molecule has 4 rings (SSSR count). The summed E-state index contributed by atoms with van der Waals surface area (Å²) in [6.07, 6.45) is 1.80. The van der Waals surface area contributed by atoms with E-state index in [2.05, 4.69) is 26.9 Å². The van der Waals surface area contributed by atoms with Crippen molar-refractivity contribution in [1.82, 2.24) is 14.8 Å². The first-order valence-electron chi connectivity index (χ1n) is 8.73. The maximum atomic E-state index is 12.3. The molecule has 1 aromatic carbocycles. The molecule has 2 aliphatic heterocycles. The monoisotopic (exact) mass is 357 g/mol. The van der Waals surface area contributed by atoms with Gasteiger partial charge in [-0.25, -0.2) is 8.42 Å². The Hall–Kier alpha value is -1.76. The van der Waals surface area contributed by atoms with Crippen molar-refractivity contribution < 1.29 is 8.42 Å². The molecular weight excluding hydrogens is 334 g/mol. The van der Waals surface area contributed by atoms with Gasteiger partial charge >= 0.3 is 0 Å². The second-order valence-electron chi connectivity index (χ2n) is 6.96. The van der Waals surface area contributed by atoms with Crippen LogP contribution < -0.4 is 0 Å². The van der Waals surface area contributed by atoms with Gasteiger partial charge in [0.05, 0.1) is 17.2 Å². The fourth-order valence-corrected chi connectivity index (χ4v) is 6.05. The molecule has 0 amide bonds. The molecule has 0 bridgehead atoms. The summed E-state index contributed by atoms with van der Waals surface area (Å²) in [6, 6.07) is 16.3. The van der Waals surface area contributed by atoms with Crippen LogP contribution in [0.2, 0.25) is 0 Å². The quantitative estimate of drug-likeness (QED) is 0.831. The zero-order valence-electron chi connectivity index (χ0n) is 14.2. The van der Waals surface area contributed by atoms with Crippen LogP contribution in [0, 0.1) is 0 Å². The average molecular weight is 357 g/mol. The minimum Gasteiger partial charge on any atom is -0.292 e. The second kappa shape index (κ2) is 6.86. The van der Waals surface area contributed by atoms with Crippen LogP contribution in [-0.2, 0) is 22.9 Å². The van der Waals surface area contributed by atoms with E-state index in [1.165, 1.54) is 5.56 Å². The van der Waals surface area contributed by atoms with Crippen LogP contribution in [0.15, 0.2) is 54.7 Å². The van der Waals surface area contributed by atoms with Crippen LogP contribution in [0.3, 0.4) is 0 Å². The van der Waals surface area contributed by atoms with E-state index in [1.54, 1.807) is 6.20 Å². The Kier molecular flexibility index (Phi) is 4.58. The SMILES string of the molecule is O=S1(=O)CC2C(C1)N(Cc1ccccn1)CCN2Cc1ccccc1. The molecule has 2 saturated heterocycles. The van der Waals surface area contributed by atoms with Gasteiger partial charge < -0.3 is 0 Å². The standard InChI is InChI=1S/C19H23N3O2S/c23-25(24)14-18-19(15-25)22(13-17-8-4-5-9-20-17)11-10-21(18)12-16-6-2-1-3-7-16/h1-9,18-19H,10-15H2. The lowest BCUT2D eigenvalue weighted by molar-refractivity contribution is 0.0348. The molecule has 1 aromatic heterocycles. The molecule has 2 fully saturated rings. The maximum Gasteiger partial charge on any atom is 0.153 e. The van der Waals surface area contributed by atoms with Gasteiger partial charge in [0.25, 0.3) is 0 Å². The summed E-state index contributed by atoms with van der Waals surface area (Å²) in [4.78, 5) is 9.06. The van der Waals surface area contributed by atoms with E-state index >= 15 is 0 Å². The molecule has 2 unspecified atom stereocenters. The third-order valence-corrected chi connectivity index (χ3v) is 6.92. The molecule has 2 aliphatic rings. The first-order valence-corrected chi connectivity index (χ1v) is 10.6. The van der Waals surface area contributed by atoms with Crippen LogP contribution in [0.25, 0.3) is 0 Å². The molecule has 2 aromatic rings. The number of benzene rings is 1. The smallest absolute Gasteiger partial charge is 0.153 e. The topological polar surface area (TPSA) is 53.5 Å². The summed E-state index contributed by atoms with van der Waals surface area (Å²) in [5.41, 5.74) is 2.24. The number of nitrogens with zero attached hydrogens (tertiary/aromatic N) is 3. The summed E-state index contributed by atoms with van der Waals surface area (Å²) in [5, 5.41) is 0. The first kappa shape index (κ1) is 16.7.